The van der Waals surface area contributed by atoms with Crippen LogP contribution in [-0.2, 0) is 4.79 Å². The number of ether oxygens (including phenoxy) is 2. The third-order valence-corrected chi connectivity index (χ3v) is 4.33. The number of hydrogen-bond acceptors (Lipinski definition) is 5. The minimum absolute atomic E-state index is 0.0132. The summed E-state index contributed by atoms with van der Waals surface area (Å²) in [5.41, 5.74) is 0.376. The van der Waals surface area contributed by atoms with Gasteiger partial charge in [0.05, 0.1) is 6.54 Å². The number of hydrogen-bond donors (Lipinski definition) is 1. The van der Waals surface area contributed by atoms with Gasteiger partial charge in [-0.15, -0.1) is 0 Å². The van der Waals surface area contributed by atoms with Crippen molar-refractivity contribution in [1.29, 1.82) is 0 Å². The predicted octanol–water partition coefficient (Wildman–Crippen LogP) is 1.13. The first-order chi connectivity index (χ1) is 12.3. The van der Waals surface area contributed by atoms with Crippen molar-refractivity contribution in [3.05, 3.63) is 23.8 Å². The second kappa shape index (κ2) is 7.53. The number of amides is 2. The first kappa shape index (κ1) is 18.5. The Morgan fingerprint density at radius 1 is 1.04 bits per heavy atom. The second-order valence-electron chi connectivity index (χ2n) is 7.72. The Bertz CT molecular complexity index is 676. The molecule has 0 bridgehead atoms. The maximum absolute atomic E-state index is 12.7. The van der Waals surface area contributed by atoms with E-state index in [0.29, 0.717) is 63.0 Å². The summed E-state index contributed by atoms with van der Waals surface area (Å²) < 4.78 is 11.0. The standard InChI is InChI=1S/C19H27N3O4/c1-19(2,3)20-17(23)13-21-6-8-22(9-7-21)18(24)14-4-5-15-16(12-14)26-11-10-25-15/h4-5,12H,6-11,13H2,1-3H3,(H,20,23). The van der Waals surface area contributed by atoms with Gasteiger partial charge in [0.15, 0.2) is 11.5 Å². The highest BCUT2D eigenvalue weighted by Crippen LogP contribution is 2.31. The third kappa shape index (κ3) is 4.66. The van der Waals surface area contributed by atoms with Crippen LogP contribution in [-0.4, -0.2) is 73.1 Å². The van der Waals surface area contributed by atoms with Crippen LogP contribution in [0.4, 0.5) is 0 Å². The molecule has 0 spiro atoms. The van der Waals surface area contributed by atoms with Gasteiger partial charge < -0.3 is 19.7 Å². The Hall–Kier alpha value is -2.28. The maximum atomic E-state index is 12.7. The van der Waals surface area contributed by atoms with Gasteiger partial charge in [-0.2, -0.15) is 0 Å². The summed E-state index contributed by atoms with van der Waals surface area (Å²) in [6.45, 7) is 9.89. The molecule has 2 amide bonds. The first-order valence-electron chi connectivity index (χ1n) is 9.04. The summed E-state index contributed by atoms with van der Waals surface area (Å²) >= 11 is 0. The van der Waals surface area contributed by atoms with E-state index in [1.807, 2.05) is 25.7 Å². The molecule has 2 heterocycles. The number of rotatable bonds is 3. The molecular formula is C19H27N3O4. The van der Waals surface area contributed by atoms with Gasteiger partial charge in [0.25, 0.3) is 5.91 Å². The van der Waals surface area contributed by atoms with Gasteiger partial charge in [0, 0.05) is 37.3 Å². The van der Waals surface area contributed by atoms with Crippen molar-refractivity contribution in [3.63, 3.8) is 0 Å². The lowest BCUT2D eigenvalue weighted by Gasteiger charge is -2.35. The van der Waals surface area contributed by atoms with Crippen LogP contribution in [0, 0.1) is 0 Å². The van der Waals surface area contributed by atoms with Crippen molar-refractivity contribution < 1.29 is 19.1 Å². The molecule has 1 saturated heterocycles. The van der Waals surface area contributed by atoms with E-state index in [9.17, 15) is 9.59 Å². The van der Waals surface area contributed by atoms with Gasteiger partial charge in [-0.1, -0.05) is 0 Å². The van der Waals surface area contributed by atoms with Crippen molar-refractivity contribution in [2.45, 2.75) is 26.3 Å². The summed E-state index contributed by atoms with van der Waals surface area (Å²) in [7, 11) is 0. The molecule has 142 valence electrons. The molecule has 0 saturated carbocycles. The molecule has 26 heavy (non-hydrogen) atoms. The number of nitrogens with zero attached hydrogens (tertiary/aromatic N) is 2. The molecule has 7 heteroatoms. The smallest absolute Gasteiger partial charge is 0.254 e. The Labute approximate surface area is 154 Å². The average molecular weight is 361 g/mol. The van der Waals surface area contributed by atoms with Gasteiger partial charge in [-0.05, 0) is 39.0 Å². The Balaban J connectivity index is 1.53. The van der Waals surface area contributed by atoms with E-state index in [-0.39, 0.29) is 17.4 Å². The zero-order valence-electron chi connectivity index (χ0n) is 15.7. The van der Waals surface area contributed by atoms with Crippen LogP contribution in [0.15, 0.2) is 18.2 Å². The molecule has 3 rings (SSSR count). The highest BCUT2D eigenvalue weighted by molar-refractivity contribution is 5.95. The Morgan fingerprint density at radius 2 is 1.69 bits per heavy atom. The summed E-state index contributed by atoms with van der Waals surface area (Å²) in [4.78, 5) is 28.7. The predicted molar refractivity (Wildman–Crippen MR) is 97.7 cm³/mol. The Kier molecular flexibility index (Phi) is 5.36. The van der Waals surface area contributed by atoms with Crippen LogP contribution in [0.2, 0.25) is 0 Å². The van der Waals surface area contributed by atoms with E-state index in [2.05, 4.69) is 10.2 Å². The van der Waals surface area contributed by atoms with E-state index < -0.39 is 0 Å². The number of fused-ring (bicyclic) bond motifs is 1. The molecule has 0 unspecified atom stereocenters. The molecule has 1 N–H and O–H groups in total. The van der Waals surface area contributed by atoms with E-state index in [1.54, 1.807) is 18.2 Å². The largest absolute Gasteiger partial charge is 0.486 e. The van der Waals surface area contributed by atoms with Gasteiger partial charge in [0.1, 0.15) is 13.2 Å². The van der Waals surface area contributed by atoms with Crippen molar-refractivity contribution in [2.75, 3.05) is 45.9 Å². The topological polar surface area (TPSA) is 71.1 Å². The Morgan fingerprint density at radius 3 is 2.35 bits per heavy atom. The number of piperazine rings is 1. The number of carbonyl (C=O) groups is 2. The fourth-order valence-corrected chi connectivity index (χ4v) is 3.13. The number of nitrogens with one attached hydrogen (secondary N) is 1. The molecule has 1 aromatic rings. The molecule has 0 aromatic heterocycles. The van der Waals surface area contributed by atoms with Gasteiger partial charge in [-0.25, -0.2) is 0 Å². The van der Waals surface area contributed by atoms with E-state index in [0.717, 1.165) is 0 Å². The molecule has 7 nitrogen and oxygen atoms in total. The molecule has 0 atom stereocenters. The number of carbonyl (C=O) groups excluding carboxylic acids is 2. The van der Waals surface area contributed by atoms with Crippen LogP contribution in [0.3, 0.4) is 0 Å². The number of benzene rings is 1. The molecule has 1 fully saturated rings. The molecule has 2 aliphatic heterocycles. The van der Waals surface area contributed by atoms with Gasteiger partial charge in [0.2, 0.25) is 5.91 Å². The summed E-state index contributed by atoms with van der Waals surface area (Å²) in [5, 5.41) is 2.97. The fourth-order valence-electron chi connectivity index (χ4n) is 3.13. The van der Waals surface area contributed by atoms with Crippen LogP contribution >= 0.6 is 0 Å². The molecular weight excluding hydrogens is 334 g/mol. The van der Waals surface area contributed by atoms with E-state index in [4.69, 9.17) is 9.47 Å². The molecule has 1 aromatic carbocycles. The van der Waals surface area contributed by atoms with E-state index in [1.165, 1.54) is 0 Å². The van der Waals surface area contributed by atoms with Crippen LogP contribution in [0.5, 0.6) is 11.5 Å². The lowest BCUT2D eigenvalue weighted by Crippen LogP contribution is -2.52. The van der Waals surface area contributed by atoms with Crippen molar-refractivity contribution in [2.24, 2.45) is 0 Å². The van der Waals surface area contributed by atoms with Gasteiger partial charge >= 0.3 is 0 Å². The molecule has 0 aliphatic carbocycles. The van der Waals surface area contributed by atoms with Crippen molar-refractivity contribution in [1.82, 2.24) is 15.1 Å². The normalized spacial score (nSPS) is 17.7. The van der Waals surface area contributed by atoms with Crippen molar-refractivity contribution in [3.8, 4) is 11.5 Å². The van der Waals surface area contributed by atoms with Crippen LogP contribution < -0.4 is 14.8 Å². The molecule has 0 radical (unpaired) electrons. The summed E-state index contributed by atoms with van der Waals surface area (Å²) in [6, 6.07) is 5.31. The minimum atomic E-state index is -0.229. The van der Waals surface area contributed by atoms with Gasteiger partial charge in [-0.3, -0.25) is 14.5 Å². The summed E-state index contributed by atoms with van der Waals surface area (Å²) in [5.74, 6) is 1.31. The second-order valence-corrected chi connectivity index (χ2v) is 7.72. The van der Waals surface area contributed by atoms with Crippen LogP contribution in [0.25, 0.3) is 0 Å². The lowest BCUT2D eigenvalue weighted by atomic mass is 10.1. The monoisotopic (exact) mass is 361 g/mol. The minimum Gasteiger partial charge on any atom is -0.486 e. The highest BCUT2D eigenvalue weighted by atomic mass is 16.6. The SMILES string of the molecule is CC(C)(C)NC(=O)CN1CCN(C(=O)c2ccc3c(c2)OCCO3)CC1. The quantitative estimate of drug-likeness (QED) is 0.874. The summed E-state index contributed by atoms with van der Waals surface area (Å²) in [6.07, 6.45) is 0. The zero-order chi connectivity index (χ0) is 18.7. The average Bonchev–Trinajstić information content (AvgIpc) is 2.59. The fraction of sp³-hybridized carbons (Fsp3) is 0.579. The lowest BCUT2D eigenvalue weighted by molar-refractivity contribution is -0.124. The third-order valence-electron chi connectivity index (χ3n) is 4.33. The molecule has 2 aliphatic rings. The van der Waals surface area contributed by atoms with Crippen molar-refractivity contribution >= 4 is 11.8 Å². The first-order valence-corrected chi connectivity index (χ1v) is 9.04. The highest BCUT2D eigenvalue weighted by Gasteiger charge is 2.25. The maximum Gasteiger partial charge on any atom is 0.254 e. The van der Waals surface area contributed by atoms with E-state index >= 15 is 0 Å². The zero-order valence-corrected chi connectivity index (χ0v) is 15.7. The van der Waals surface area contributed by atoms with Crippen LogP contribution in [0.1, 0.15) is 31.1 Å².